The van der Waals surface area contributed by atoms with Crippen molar-refractivity contribution in [2.75, 3.05) is 39.2 Å². The predicted octanol–water partition coefficient (Wildman–Crippen LogP) is 3.68. The quantitative estimate of drug-likeness (QED) is 0.0356. The number of likely N-dealkylation sites (N-methyl/N-ethyl adjacent to an activating group) is 1. The molecule has 0 bridgehead atoms. The second-order valence-corrected chi connectivity index (χ2v) is 13.0. The average molecular weight is 672 g/mol. The second kappa shape index (κ2) is 15.4. The van der Waals surface area contributed by atoms with Crippen molar-refractivity contribution in [1.82, 2.24) is 20.9 Å². The number of allylic oxidation sites excluding steroid dienone is 1. The van der Waals surface area contributed by atoms with Gasteiger partial charge in [-0.1, -0.05) is 61.9 Å². The number of fused-ring (bicyclic) bond motifs is 2. The fourth-order valence-electron chi connectivity index (χ4n) is 6.97. The highest BCUT2D eigenvalue weighted by Crippen LogP contribution is 2.58. The number of nitrogens with zero attached hydrogens (tertiary/aromatic N) is 2. The molecule has 1 fully saturated rings. The van der Waals surface area contributed by atoms with Crippen LogP contribution in [0.5, 0.6) is 0 Å². The van der Waals surface area contributed by atoms with Gasteiger partial charge in [0.15, 0.2) is 17.3 Å². The molecule has 6 N–H and O–H groups in total. The second-order valence-electron chi connectivity index (χ2n) is 13.0. The van der Waals surface area contributed by atoms with Crippen LogP contribution in [-0.4, -0.2) is 79.6 Å². The van der Waals surface area contributed by atoms with Gasteiger partial charge in [-0.15, -0.1) is 0 Å². The van der Waals surface area contributed by atoms with E-state index in [9.17, 15) is 14.4 Å². The summed E-state index contributed by atoms with van der Waals surface area (Å²) in [4.78, 5) is 50.7. The largest absolute Gasteiger partial charge is 0.463 e. The van der Waals surface area contributed by atoms with E-state index < -0.39 is 28.7 Å². The lowest BCUT2D eigenvalue weighted by Gasteiger charge is -2.32. The molecule has 2 aliphatic carbocycles. The number of carbonyl (C=O) groups excluding carboxylic acids is 3. The van der Waals surface area contributed by atoms with Gasteiger partial charge in [0.05, 0.1) is 19.3 Å². The minimum Gasteiger partial charge on any atom is -0.463 e. The molecule has 5 rings (SSSR count). The first-order valence-electron chi connectivity index (χ1n) is 17.1. The Bertz CT molecular complexity index is 1640. The Balaban J connectivity index is 1.40. The van der Waals surface area contributed by atoms with Crippen molar-refractivity contribution >= 4 is 29.3 Å². The Kier molecular flexibility index (Phi) is 11.3. The Morgan fingerprint density at radius 2 is 1.94 bits per heavy atom. The van der Waals surface area contributed by atoms with Crippen LogP contribution in [0.2, 0.25) is 0 Å². The van der Waals surface area contributed by atoms with Crippen LogP contribution in [0, 0.1) is 11.8 Å². The van der Waals surface area contributed by atoms with E-state index in [1.165, 1.54) is 0 Å². The van der Waals surface area contributed by atoms with Crippen LogP contribution in [0.4, 0.5) is 5.82 Å². The third-order valence-corrected chi connectivity index (χ3v) is 9.80. The van der Waals surface area contributed by atoms with Crippen LogP contribution < -0.4 is 27.0 Å². The molecule has 1 aromatic carbocycles. The molecular formula is C37H49N7O5. The molecule has 0 amide bonds. The molecule has 0 spiro atoms. The third kappa shape index (κ3) is 7.17. The molecule has 2 aromatic rings. The van der Waals surface area contributed by atoms with Crippen molar-refractivity contribution in [1.29, 1.82) is 0 Å². The maximum atomic E-state index is 14.1. The lowest BCUT2D eigenvalue weighted by atomic mass is 9.72. The number of hydrogen-bond acceptors (Lipinski definition) is 10. The molecule has 3 aliphatic rings. The zero-order valence-electron chi connectivity index (χ0n) is 29.0. The number of guanidine groups is 1. The summed E-state index contributed by atoms with van der Waals surface area (Å²) in [7, 11) is 3.44. The van der Waals surface area contributed by atoms with Gasteiger partial charge >= 0.3 is 5.97 Å². The summed E-state index contributed by atoms with van der Waals surface area (Å²) in [5.41, 5.74) is 4.60. The number of aliphatic imine (C=N–C) groups is 1. The fraction of sp³-hybridized carbons (Fsp3) is 0.486. The van der Waals surface area contributed by atoms with Gasteiger partial charge in [0.2, 0.25) is 5.78 Å². The van der Waals surface area contributed by atoms with Crippen LogP contribution in [0.15, 0.2) is 71.4 Å². The maximum absolute atomic E-state index is 14.1. The predicted molar refractivity (Wildman–Crippen MR) is 189 cm³/mol. The minimum atomic E-state index is -2.03. The number of nitrogens with two attached hydrogens (primary N) is 1. The van der Waals surface area contributed by atoms with Gasteiger partial charge in [-0.05, 0) is 63.4 Å². The number of nitrogens with one attached hydrogen (secondary N) is 4. The van der Waals surface area contributed by atoms with Gasteiger partial charge in [-0.25, -0.2) is 9.78 Å². The van der Waals surface area contributed by atoms with Crippen molar-refractivity contribution in [3.63, 3.8) is 0 Å². The van der Waals surface area contributed by atoms with Crippen LogP contribution in [-0.2, 0) is 14.3 Å². The summed E-state index contributed by atoms with van der Waals surface area (Å²) in [5.74, 6) is -0.380. The minimum absolute atomic E-state index is 0.0202. The molecule has 2 heterocycles. The zero-order valence-corrected chi connectivity index (χ0v) is 29.0. The summed E-state index contributed by atoms with van der Waals surface area (Å²) in [5, 5.41) is 13.0. The highest BCUT2D eigenvalue weighted by atomic mass is 16.7. The topological polar surface area (TPSA) is 172 Å². The first-order valence-corrected chi connectivity index (χ1v) is 17.1. The lowest BCUT2D eigenvalue weighted by Crippen LogP contribution is -2.51. The molecule has 6 atom stereocenters. The van der Waals surface area contributed by atoms with Crippen LogP contribution in [0.1, 0.15) is 78.8 Å². The molecular weight excluding hydrogens is 622 g/mol. The smallest absolute Gasteiger partial charge is 0.350 e. The Morgan fingerprint density at radius 3 is 2.63 bits per heavy atom. The number of hydrogen-bond donors (Lipinski definition) is 5. The van der Waals surface area contributed by atoms with E-state index in [0.717, 1.165) is 30.5 Å². The van der Waals surface area contributed by atoms with Gasteiger partial charge < -0.3 is 36.5 Å². The molecule has 0 saturated carbocycles. The van der Waals surface area contributed by atoms with Crippen LogP contribution in [0.3, 0.4) is 0 Å². The van der Waals surface area contributed by atoms with Gasteiger partial charge in [-0.2, -0.15) is 0 Å². The molecule has 1 saturated heterocycles. The summed E-state index contributed by atoms with van der Waals surface area (Å²) < 4.78 is 12.1. The number of benzene rings is 1. The number of Topliss-reactive ketones (excluding diaryl/α,β-unsaturated/α-hetero) is 2. The number of carbonyl (C=O) groups is 3. The molecule has 0 unspecified atom stereocenters. The highest BCUT2D eigenvalue weighted by molar-refractivity contribution is 6.32. The average Bonchev–Trinajstić information content (AvgIpc) is 3.83. The van der Waals surface area contributed by atoms with Gasteiger partial charge in [0.25, 0.3) is 5.60 Å². The lowest BCUT2D eigenvalue weighted by molar-refractivity contribution is -0.149. The van der Waals surface area contributed by atoms with E-state index in [4.69, 9.17) is 15.2 Å². The van der Waals surface area contributed by atoms with Crippen LogP contribution >= 0.6 is 0 Å². The highest BCUT2D eigenvalue weighted by Gasteiger charge is 2.85. The summed E-state index contributed by atoms with van der Waals surface area (Å²) in [6.07, 6.45) is 10.3. The Labute approximate surface area is 288 Å². The molecule has 1 aromatic heterocycles. The van der Waals surface area contributed by atoms with E-state index in [-0.39, 0.29) is 48.1 Å². The number of ketones is 2. The Morgan fingerprint density at radius 1 is 1.18 bits per heavy atom. The molecule has 12 nitrogen and oxygen atoms in total. The fourth-order valence-corrected chi connectivity index (χ4v) is 6.97. The number of aromatic nitrogens is 1. The standard InChI is InChI=1S/C37H49N7O5/c1-6-24-12-13-29(41-7-2)26(19-24)21-48-34(47)37-33(46)28-11-9-8-10-27(28)32(45)36(37,49-37)16-14-23(3)18-30(44-35(38)40-5)25-15-17-42-31(20-25)43-22-39-4/h8-15,17,20,24,26,29-30,39,41H,6-7,16,18-19,21-22H2,1-5H3,(H,42,43)(H3,38,40,44)/b23-14+/t24-,26+,29-,30-,36+,37+/m1/s1. The molecule has 12 heteroatoms. The van der Waals surface area contributed by atoms with E-state index >= 15 is 0 Å². The molecule has 49 heavy (non-hydrogen) atoms. The molecule has 0 radical (unpaired) electrons. The normalized spacial score (nSPS) is 26.8. The van der Waals surface area contributed by atoms with E-state index in [1.54, 1.807) is 37.5 Å². The van der Waals surface area contributed by atoms with Crippen molar-refractivity contribution in [2.24, 2.45) is 22.6 Å². The van der Waals surface area contributed by atoms with Crippen molar-refractivity contribution in [3.8, 4) is 0 Å². The van der Waals surface area contributed by atoms with E-state index in [1.807, 2.05) is 39.1 Å². The van der Waals surface area contributed by atoms with E-state index in [2.05, 4.69) is 50.3 Å². The van der Waals surface area contributed by atoms with E-state index in [0.29, 0.717) is 24.8 Å². The third-order valence-electron chi connectivity index (χ3n) is 9.80. The van der Waals surface area contributed by atoms with Crippen molar-refractivity contribution in [3.05, 3.63) is 83.1 Å². The van der Waals surface area contributed by atoms with Crippen molar-refractivity contribution < 1.29 is 23.9 Å². The number of epoxide rings is 1. The first-order chi connectivity index (χ1) is 23.6. The molecule has 1 aliphatic heterocycles. The number of pyridine rings is 1. The maximum Gasteiger partial charge on any atom is 0.350 e. The monoisotopic (exact) mass is 671 g/mol. The first kappa shape index (κ1) is 35.9. The van der Waals surface area contributed by atoms with Gasteiger partial charge in [-0.3, -0.25) is 14.6 Å². The number of esters is 1. The Hall–Kier alpha value is -4.39. The number of anilines is 1. The number of rotatable bonds is 15. The summed E-state index contributed by atoms with van der Waals surface area (Å²) in [6.45, 7) is 7.53. The van der Waals surface area contributed by atoms with Gasteiger partial charge in [0.1, 0.15) is 5.82 Å². The SMILES string of the molecule is CCN[C@@H]1C=C[C@@H](CC)C[C@H]1COC(=O)[C@]12O[C@@]1(C/C=C(\C)C[C@@H](NC(N)=NC)c1ccnc(NCNC)c1)C(=O)c1ccccc1C2=O. The summed E-state index contributed by atoms with van der Waals surface area (Å²) in [6, 6.07) is 10.2. The number of ether oxygens (including phenoxy) is 2. The van der Waals surface area contributed by atoms with Crippen LogP contribution in [0.25, 0.3) is 0 Å². The molecule has 262 valence electrons. The van der Waals surface area contributed by atoms with Crippen molar-refractivity contribution in [2.45, 2.75) is 69.7 Å². The zero-order chi connectivity index (χ0) is 35.2. The summed E-state index contributed by atoms with van der Waals surface area (Å²) >= 11 is 0. The van der Waals surface area contributed by atoms with Gasteiger partial charge in [0, 0.05) is 42.8 Å².